The molecule has 3 N–H and O–H groups in total. The zero-order valence-corrected chi connectivity index (χ0v) is 14.3. The van der Waals surface area contributed by atoms with Crippen LogP contribution in [0.1, 0.15) is 43.2 Å². The van der Waals surface area contributed by atoms with Gasteiger partial charge in [-0.2, -0.15) is 0 Å². The highest BCUT2D eigenvalue weighted by Crippen LogP contribution is 2.22. The van der Waals surface area contributed by atoms with Crippen LogP contribution in [0.15, 0.2) is 24.3 Å². The van der Waals surface area contributed by atoms with Crippen LogP contribution in [-0.2, 0) is 17.8 Å². The minimum absolute atomic E-state index is 0.560. The van der Waals surface area contributed by atoms with E-state index in [9.17, 15) is 9.90 Å². The number of nitrogens with two attached hydrogens (primary N) is 1. The van der Waals surface area contributed by atoms with E-state index in [1.165, 1.54) is 11.1 Å². The molecule has 2 rings (SSSR count). The number of unbranched alkanes of at least 4 members (excludes halogenated alkanes) is 1. The Morgan fingerprint density at radius 1 is 1.22 bits per heavy atom. The predicted molar refractivity (Wildman–Crippen MR) is 96.4 cm³/mol. The second kappa shape index (κ2) is 8.51. The molecular weight excluding hydrogens is 287 g/mol. The fraction of sp³-hybridized carbons (Fsp3) is 0.611. The molecule has 1 aromatic rings. The summed E-state index contributed by atoms with van der Waals surface area (Å²) in [5, 5.41) is 9.46. The molecule has 1 aliphatic heterocycles. The first-order chi connectivity index (χ1) is 11.0. The molecule has 0 bridgehead atoms. The summed E-state index contributed by atoms with van der Waals surface area (Å²) in [6.45, 7) is 2.95. The van der Waals surface area contributed by atoms with Gasteiger partial charge in [0.2, 0.25) is 0 Å². The van der Waals surface area contributed by atoms with E-state index in [-0.39, 0.29) is 0 Å². The van der Waals surface area contributed by atoms with Crippen LogP contribution in [0.2, 0.25) is 6.32 Å². The number of nitrogens with zero attached hydrogens (tertiary/aromatic N) is 1. The molecule has 0 amide bonds. The normalized spacial score (nSPS) is 17.4. The maximum atomic E-state index is 11.5. The molecule has 126 valence electrons. The smallest absolute Gasteiger partial charge is 0.323 e. The van der Waals surface area contributed by atoms with Gasteiger partial charge in [0, 0.05) is 13.1 Å². The average molecular weight is 316 g/mol. The standard InChI is InChI=1S/C18H29BN2O2/c19-11-4-3-9-18(20,17(22)23)10-5-12-21-13-8-15-6-1-2-7-16(15)14-21/h1-2,6-7H,3-5,8-14,19-20H2,(H,22,23). The SMILES string of the molecule is BCCCCC(N)(CCCN1CCc2ccccc2C1)C(=O)O. The van der Waals surface area contributed by atoms with E-state index < -0.39 is 11.5 Å². The van der Waals surface area contributed by atoms with Crippen molar-refractivity contribution in [2.45, 2.75) is 56.9 Å². The van der Waals surface area contributed by atoms with Gasteiger partial charge in [0.15, 0.2) is 0 Å². The second-order valence-corrected chi connectivity index (χ2v) is 6.82. The van der Waals surface area contributed by atoms with Crippen molar-refractivity contribution in [1.29, 1.82) is 0 Å². The highest BCUT2D eigenvalue weighted by molar-refractivity contribution is 6.08. The lowest BCUT2D eigenvalue weighted by atomic mass is 9.87. The van der Waals surface area contributed by atoms with Crippen LogP contribution in [0, 0.1) is 0 Å². The minimum atomic E-state index is -1.05. The molecule has 0 aliphatic carbocycles. The third-order valence-electron chi connectivity index (χ3n) is 4.96. The molecule has 4 nitrogen and oxygen atoms in total. The van der Waals surface area contributed by atoms with Gasteiger partial charge in [0.05, 0.1) is 0 Å². The van der Waals surface area contributed by atoms with Gasteiger partial charge in [-0.15, -0.1) is 0 Å². The third-order valence-corrected chi connectivity index (χ3v) is 4.96. The van der Waals surface area contributed by atoms with Gasteiger partial charge in [-0.3, -0.25) is 9.69 Å². The Bertz CT molecular complexity index is 523. The molecule has 0 aromatic heterocycles. The van der Waals surface area contributed by atoms with E-state index in [4.69, 9.17) is 5.73 Å². The van der Waals surface area contributed by atoms with Crippen molar-refractivity contribution in [3.05, 3.63) is 35.4 Å². The molecule has 0 fully saturated rings. The first-order valence-electron chi connectivity index (χ1n) is 8.86. The van der Waals surface area contributed by atoms with Crippen molar-refractivity contribution in [1.82, 2.24) is 4.90 Å². The predicted octanol–water partition coefficient (Wildman–Crippen LogP) is 1.83. The van der Waals surface area contributed by atoms with Gasteiger partial charge < -0.3 is 10.8 Å². The summed E-state index contributed by atoms with van der Waals surface area (Å²) in [6, 6.07) is 8.58. The molecule has 1 unspecified atom stereocenters. The number of rotatable bonds is 9. The highest BCUT2D eigenvalue weighted by Gasteiger charge is 2.32. The number of hydrogen-bond acceptors (Lipinski definition) is 3. The number of carbonyl (C=O) groups is 1. The number of aliphatic carboxylic acids is 1. The maximum absolute atomic E-state index is 11.5. The first-order valence-corrected chi connectivity index (χ1v) is 8.86. The topological polar surface area (TPSA) is 66.6 Å². The molecule has 1 heterocycles. The van der Waals surface area contributed by atoms with E-state index >= 15 is 0 Å². The Kier molecular flexibility index (Phi) is 6.66. The quantitative estimate of drug-likeness (QED) is 0.539. The van der Waals surface area contributed by atoms with Crippen molar-refractivity contribution in [3.8, 4) is 0 Å². The Balaban J connectivity index is 1.80. The molecule has 0 spiro atoms. The number of benzene rings is 1. The van der Waals surface area contributed by atoms with Crippen LogP contribution in [0.5, 0.6) is 0 Å². The second-order valence-electron chi connectivity index (χ2n) is 6.82. The fourth-order valence-corrected chi connectivity index (χ4v) is 3.39. The summed E-state index contributed by atoms with van der Waals surface area (Å²) >= 11 is 0. The van der Waals surface area contributed by atoms with Crippen LogP contribution in [0.3, 0.4) is 0 Å². The molecule has 1 aromatic carbocycles. The van der Waals surface area contributed by atoms with Crippen LogP contribution < -0.4 is 5.73 Å². The van der Waals surface area contributed by atoms with Crippen molar-refractivity contribution < 1.29 is 9.90 Å². The molecule has 23 heavy (non-hydrogen) atoms. The van der Waals surface area contributed by atoms with Crippen molar-refractivity contribution >= 4 is 13.8 Å². The van der Waals surface area contributed by atoms with Crippen molar-refractivity contribution in [3.63, 3.8) is 0 Å². The lowest BCUT2D eigenvalue weighted by Crippen LogP contribution is -2.48. The third kappa shape index (κ3) is 5.08. The van der Waals surface area contributed by atoms with E-state index in [0.29, 0.717) is 12.8 Å². The number of carboxylic acids is 1. The van der Waals surface area contributed by atoms with Crippen molar-refractivity contribution in [2.75, 3.05) is 13.1 Å². The van der Waals surface area contributed by atoms with Gasteiger partial charge in [0.1, 0.15) is 13.4 Å². The van der Waals surface area contributed by atoms with Crippen LogP contribution >= 0.6 is 0 Å². The number of hydrogen-bond donors (Lipinski definition) is 2. The Labute approximate surface area is 140 Å². The fourth-order valence-electron chi connectivity index (χ4n) is 3.39. The van der Waals surface area contributed by atoms with Gasteiger partial charge in [-0.1, -0.05) is 43.4 Å². The molecule has 1 atom stereocenters. The van der Waals surface area contributed by atoms with E-state index in [0.717, 1.165) is 51.6 Å². The summed E-state index contributed by atoms with van der Waals surface area (Å²) in [5.74, 6) is -0.849. The van der Waals surface area contributed by atoms with Crippen LogP contribution in [0.4, 0.5) is 0 Å². The maximum Gasteiger partial charge on any atom is 0.323 e. The Morgan fingerprint density at radius 3 is 2.61 bits per heavy atom. The van der Waals surface area contributed by atoms with E-state index in [2.05, 4.69) is 37.0 Å². The summed E-state index contributed by atoms with van der Waals surface area (Å²) in [6.07, 6.45) is 6.11. The molecule has 0 saturated carbocycles. The molecule has 0 saturated heterocycles. The van der Waals surface area contributed by atoms with Gasteiger partial charge in [-0.25, -0.2) is 0 Å². The lowest BCUT2D eigenvalue weighted by molar-refractivity contribution is -0.144. The van der Waals surface area contributed by atoms with Gasteiger partial charge in [0.25, 0.3) is 0 Å². The minimum Gasteiger partial charge on any atom is -0.480 e. The summed E-state index contributed by atoms with van der Waals surface area (Å²) in [7, 11) is 2.12. The molecule has 1 aliphatic rings. The average Bonchev–Trinajstić information content (AvgIpc) is 2.55. The largest absolute Gasteiger partial charge is 0.480 e. The number of fused-ring (bicyclic) bond motifs is 1. The van der Waals surface area contributed by atoms with Gasteiger partial charge in [-0.05, 0) is 43.4 Å². The summed E-state index contributed by atoms with van der Waals surface area (Å²) in [4.78, 5) is 13.9. The Morgan fingerprint density at radius 2 is 1.91 bits per heavy atom. The van der Waals surface area contributed by atoms with Gasteiger partial charge >= 0.3 is 5.97 Å². The van der Waals surface area contributed by atoms with Crippen molar-refractivity contribution in [2.24, 2.45) is 5.73 Å². The summed E-state index contributed by atoms with van der Waals surface area (Å²) in [5.41, 5.74) is 7.95. The first kappa shape index (κ1) is 18.0. The van der Waals surface area contributed by atoms with Crippen LogP contribution in [-0.4, -0.2) is 42.5 Å². The highest BCUT2D eigenvalue weighted by atomic mass is 16.4. The molecule has 5 heteroatoms. The monoisotopic (exact) mass is 316 g/mol. The zero-order valence-electron chi connectivity index (χ0n) is 14.3. The molecular formula is C18H29BN2O2. The molecule has 0 radical (unpaired) electrons. The number of carboxylic acid groups (broad SMARTS) is 1. The lowest BCUT2D eigenvalue weighted by Gasteiger charge is -2.30. The van der Waals surface area contributed by atoms with E-state index in [1.54, 1.807) is 0 Å². The van der Waals surface area contributed by atoms with Crippen LogP contribution in [0.25, 0.3) is 0 Å². The Hall–Kier alpha value is -1.33. The van der Waals surface area contributed by atoms with E-state index in [1.807, 2.05) is 0 Å². The zero-order chi connectivity index (χ0) is 16.7. The summed E-state index contributed by atoms with van der Waals surface area (Å²) < 4.78 is 0.